The maximum atomic E-state index is 11.8. The molecule has 0 aliphatic carbocycles. The SMILES string of the molecule is CC(C)(C)OC(=O)CCN1CCN(CCN2CCNCC2)CC1. The lowest BCUT2D eigenvalue weighted by Gasteiger charge is -2.36. The lowest BCUT2D eigenvalue weighted by atomic mass is 10.2. The summed E-state index contributed by atoms with van der Waals surface area (Å²) in [4.78, 5) is 19.2. The average Bonchev–Trinajstić information content (AvgIpc) is 2.51. The van der Waals surface area contributed by atoms with Crippen molar-refractivity contribution < 1.29 is 9.53 Å². The van der Waals surface area contributed by atoms with Crippen LogP contribution in [0.25, 0.3) is 0 Å². The van der Waals surface area contributed by atoms with Gasteiger partial charge >= 0.3 is 5.97 Å². The van der Waals surface area contributed by atoms with Gasteiger partial charge in [0.15, 0.2) is 0 Å². The largest absolute Gasteiger partial charge is 0.460 e. The first-order valence-corrected chi connectivity index (χ1v) is 9.02. The number of carbonyl (C=O) groups excluding carboxylic acids is 1. The van der Waals surface area contributed by atoms with Crippen LogP contribution in [0.4, 0.5) is 0 Å². The molecule has 0 amide bonds. The zero-order valence-electron chi connectivity index (χ0n) is 15.1. The number of hydrogen-bond donors (Lipinski definition) is 1. The summed E-state index contributed by atoms with van der Waals surface area (Å²) in [6.07, 6.45) is 0.498. The van der Waals surface area contributed by atoms with Gasteiger partial charge in [-0.2, -0.15) is 0 Å². The molecule has 0 unspecified atom stereocenters. The van der Waals surface area contributed by atoms with Crippen molar-refractivity contribution in [3.63, 3.8) is 0 Å². The molecule has 0 aromatic heterocycles. The fourth-order valence-electron chi connectivity index (χ4n) is 3.10. The van der Waals surface area contributed by atoms with E-state index in [1.807, 2.05) is 20.8 Å². The van der Waals surface area contributed by atoms with Gasteiger partial charge in [0.05, 0.1) is 6.42 Å². The zero-order chi connectivity index (χ0) is 16.7. The van der Waals surface area contributed by atoms with E-state index < -0.39 is 0 Å². The van der Waals surface area contributed by atoms with Gasteiger partial charge < -0.3 is 15.0 Å². The Morgan fingerprint density at radius 1 is 0.870 bits per heavy atom. The first kappa shape index (κ1) is 18.6. The molecule has 0 saturated carbocycles. The molecule has 1 N–H and O–H groups in total. The third-order valence-corrected chi connectivity index (χ3v) is 4.46. The summed E-state index contributed by atoms with van der Waals surface area (Å²) in [5, 5.41) is 3.40. The molecule has 0 atom stereocenters. The van der Waals surface area contributed by atoms with Crippen LogP contribution in [0.3, 0.4) is 0 Å². The van der Waals surface area contributed by atoms with Crippen LogP contribution >= 0.6 is 0 Å². The van der Waals surface area contributed by atoms with Crippen LogP contribution in [-0.4, -0.2) is 98.3 Å². The lowest BCUT2D eigenvalue weighted by Crippen LogP contribution is -2.50. The van der Waals surface area contributed by atoms with E-state index in [0.717, 1.165) is 45.8 Å². The van der Waals surface area contributed by atoms with E-state index in [9.17, 15) is 4.79 Å². The second-order valence-corrected chi connectivity index (χ2v) is 7.61. The maximum absolute atomic E-state index is 11.8. The van der Waals surface area contributed by atoms with Gasteiger partial charge in [-0.1, -0.05) is 0 Å². The molecule has 134 valence electrons. The first-order valence-electron chi connectivity index (χ1n) is 9.02. The average molecular weight is 326 g/mol. The van der Waals surface area contributed by atoms with Crippen LogP contribution in [0.1, 0.15) is 27.2 Å². The van der Waals surface area contributed by atoms with Crippen LogP contribution in [0.15, 0.2) is 0 Å². The highest BCUT2D eigenvalue weighted by molar-refractivity contribution is 5.70. The number of rotatable bonds is 6. The number of esters is 1. The normalized spacial score (nSPS) is 22.2. The Morgan fingerprint density at radius 2 is 1.35 bits per heavy atom. The zero-order valence-corrected chi connectivity index (χ0v) is 15.1. The van der Waals surface area contributed by atoms with E-state index in [-0.39, 0.29) is 11.6 Å². The number of hydrogen-bond acceptors (Lipinski definition) is 6. The van der Waals surface area contributed by atoms with Crippen molar-refractivity contribution in [2.75, 3.05) is 72.0 Å². The van der Waals surface area contributed by atoms with E-state index >= 15 is 0 Å². The van der Waals surface area contributed by atoms with E-state index in [0.29, 0.717) is 6.42 Å². The summed E-state index contributed by atoms with van der Waals surface area (Å²) in [5.41, 5.74) is -0.375. The molecule has 2 aliphatic heterocycles. The highest BCUT2D eigenvalue weighted by Crippen LogP contribution is 2.09. The predicted molar refractivity (Wildman–Crippen MR) is 92.7 cm³/mol. The summed E-state index contributed by atoms with van der Waals surface area (Å²) in [6, 6.07) is 0. The van der Waals surface area contributed by atoms with Crippen LogP contribution in [-0.2, 0) is 9.53 Å². The van der Waals surface area contributed by atoms with Gasteiger partial charge in [-0.15, -0.1) is 0 Å². The topological polar surface area (TPSA) is 48.1 Å². The third-order valence-electron chi connectivity index (χ3n) is 4.46. The minimum absolute atomic E-state index is 0.0846. The molecule has 0 aromatic rings. The van der Waals surface area contributed by atoms with Crippen molar-refractivity contribution in [1.29, 1.82) is 0 Å². The van der Waals surface area contributed by atoms with Crippen LogP contribution < -0.4 is 5.32 Å². The minimum Gasteiger partial charge on any atom is -0.460 e. The molecule has 23 heavy (non-hydrogen) atoms. The van der Waals surface area contributed by atoms with Crippen molar-refractivity contribution in [2.24, 2.45) is 0 Å². The number of nitrogens with zero attached hydrogens (tertiary/aromatic N) is 3. The summed E-state index contributed by atoms with van der Waals surface area (Å²) in [6.45, 7) is 17.9. The van der Waals surface area contributed by atoms with Crippen LogP contribution in [0.2, 0.25) is 0 Å². The number of carbonyl (C=O) groups is 1. The van der Waals surface area contributed by atoms with Gasteiger partial charge in [0, 0.05) is 72.0 Å². The van der Waals surface area contributed by atoms with Gasteiger partial charge in [0.25, 0.3) is 0 Å². The van der Waals surface area contributed by atoms with Crippen LogP contribution in [0, 0.1) is 0 Å². The predicted octanol–water partition coefficient (Wildman–Crippen LogP) is 0.241. The summed E-state index contributed by atoms with van der Waals surface area (Å²) >= 11 is 0. The Morgan fingerprint density at radius 3 is 1.87 bits per heavy atom. The first-order chi connectivity index (χ1) is 10.9. The van der Waals surface area contributed by atoms with Crippen molar-refractivity contribution in [3.05, 3.63) is 0 Å². The molecule has 2 saturated heterocycles. The van der Waals surface area contributed by atoms with Crippen molar-refractivity contribution in [2.45, 2.75) is 32.8 Å². The second kappa shape index (κ2) is 8.97. The number of piperazine rings is 2. The van der Waals surface area contributed by atoms with Gasteiger partial charge in [0.1, 0.15) is 5.60 Å². The smallest absolute Gasteiger partial charge is 0.307 e. The van der Waals surface area contributed by atoms with E-state index in [4.69, 9.17) is 4.74 Å². The van der Waals surface area contributed by atoms with Gasteiger partial charge in [-0.25, -0.2) is 0 Å². The van der Waals surface area contributed by atoms with E-state index in [1.54, 1.807) is 0 Å². The summed E-state index contributed by atoms with van der Waals surface area (Å²) in [5.74, 6) is -0.0846. The minimum atomic E-state index is -0.375. The Kier molecular flexibility index (Phi) is 7.27. The van der Waals surface area contributed by atoms with Crippen LogP contribution in [0.5, 0.6) is 0 Å². The summed E-state index contributed by atoms with van der Waals surface area (Å²) < 4.78 is 5.37. The lowest BCUT2D eigenvalue weighted by molar-refractivity contribution is -0.155. The molecular formula is C17H34N4O2. The molecular weight excluding hydrogens is 292 g/mol. The maximum Gasteiger partial charge on any atom is 0.307 e. The molecule has 6 heteroatoms. The Balaban J connectivity index is 1.55. The van der Waals surface area contributed by atoms with E-state index in [2.05, 4.69) is 20.0 Å². The van der Waals surface area contributed by atoms with Gasteiger partial charge in [0.2, 0.25) is 0 Å². The van der Waals surface area contributed by atoms with Gasteiger partial charge in [-0.05, 0) is 20.8 Å². The number of nitrogens with one attached hydrogen (secondary N) is 1. The molecule has 0 bridgehead atoms. The van der Waals surface area contributed by atoms with Gasteiger partial charge in [-0.3, -0.25) is 14.6 Å². The monoisotopic (exact) mass is 326 g/mol. The molecule has 0 radical (unpaired) electrons. The Hall–Kier alpha value is -0.690. The Bertz CT molecular complexity index is 356. The highest BCUT2D eigenvalue weighted by Gasteiger charge is 2.20. The van der Waals surface area contributed by atoms with Crippen molar-refractivity contribution >= 4 is 5.97 Å². The molecule has 2 aliphatic rings. The second-order valence-electron chi connectivity index (χ2n) is 7.61. The standard InChI is InChI=1S/C17H34N4O2/c1-17(2,3)23-16(22)4-7-19-10-13-21(14-11-19)15-12-20-8-5-18-6-9-20/h18H,4-15H2,1-3H3. The number of ether oxygens (including phenoxy) is 1. The van der Waals surface area contributed by atoms with Crippen molar-refractivity contribution in [1.82, 2.24) is 20.0 Å². The quantitative estimate of drug-likeness (QED) is 0.706. The molecule has 6 nitrogen and oxygen atoms in total. The fourth-order valence-corrected chi connectivity index (χ4v) is 3.10. The molecule has 0 aromatic carbocycles. The molecule has 2 fully saturated rings. The summed E-state index contributed by atoms with van der Waals surface area (Å²) in [7, 11) is 0. The Labute approximate surface area is 141 Å². The molecule has 2 heterocycles. The molecule has 2 rings (SSSR count). The van der Waals surface area contributed by atoms with Crippen molar-refractivity contribution in [3.8, 4) is 0 Å². The highest BCUT2D eigenvalue weighted by atomic mass is 16.6. The third kappa shape index (κ3) is 7.61. The molecule has 0 spiro atoms. The fraction of sp³-hybridized carbons (Fsp3) is 0.941. The van der Waals surface area contributed by atoms with E-state index in [1.165, 1.54) is 26.2 Å².